The van der Waals surface area contributed by atoms with Crippen molar-refractivity contribution < 1.29 is 18.4 Å². The van der Waals surface area contributed by atoms with Crippen molar-refractivity contribution in [3.63, 3.8) is 0 Å². The maximum Gasteiger partial charge on any atom is 0.225 e. The number of nitrogens with one attached hydrogen (secondary N) is 1. The summed E-state index contributed by atoms with van der Waals surface area (Å²) in [5.74, 6) is -0.358. The van der Waals surface area contributed by atoms with Crippen LogP contribution in [-0.4, -0.2) is 23.8 Å². The molecule has 0 aliphatic carbocycles. The Morgan fingerprint density at radius 3 is 2.92 bits per heavy atom. The number of piperidine rings is 1. The van der Waals surface area contributed by atoms with Gasteiger partial charge in [-0.2, -0.15) is 0 Å². The first kappa shape index (κ1) is 16.2. The van der Waals surface area contributed by atoms with Gasteiger partial charge in [0.25, 0.3) is 0 Å². The van der Waals surface area contributed by atoms with E-state index in [9.17, 15) is 14.0 Å². The van der Waals surface area contributed by atoms with E-state index in [0.717, 1.165) is 0 Å². The highest BCUT2D eigenvalue weighted by Gasteiger charge is 2.38. The minimum atomic E-state index is -0.474. The topological polar surface area (TPSA) is 62.6 Å². The van der Waals surface area contributed by atoms with E-state index in [-0.39, 0.29) is 24.2 Å². The largest absolute Gasteiger partial charge is 0.467 e. The van der Waals surface area contributed by atoms with Crippen molar-refractivity contribution in [2.45, 2.75) is 25.4 Å². The molecule has 5 nitrogen and oxygen atoms in total. The minimum absolute atomic E-state index is 0.0423. The van der Waals surface area contributed by atoms with E-state index in [2.05, 4.69) is 5.32 Å². The number of carbonyl (C=O) groups is 2. The van der Waals surface area contributed by atoms with Gasteiger partial charge in [0.15, 0.2) is 0 Å². The number of benzene rings is 1. The normalized spacial score (nSPS) is 20.9. The number of likely N-dealkylation sites (tertiary alicyclic amines) is 1. The van der Waals surface area contributed by atoms with E-state index in [4.69, 9.17) is 4.42 Å². The molecular formula is C18H19FN2O3. The van der Waals surface area contributed by atoms with Gasteiger partial charge in [0, 0.05) is 13.5 Å². The fourth-order valence-corrected chi connectivity index (χ4v) is 3.18. The van der Waals surface area contributed by atoms with Gasteiger partial charge in [0.1, 0.15) is 11.6 Å². The van der Waals surface area contributed by atoms with Crippen LogP contribution in [0.4, 0.5) is 4.39 Å². The molecule has 2 atom stereocenters. The van der Waals surface area contributed by atoms with E-state index < -0.39 is 12.0 Å². The molecule has 2 aromatic rings. The summed E-state index contributed by atoms with van der Waals surface area (Å²) in [6.07, 6.45) is 2.29. The summed E-state index contributed by atoms with van der Waals surface area (Å²) in [4.78, 5) is 26.2. The lowest BCUT2D eigenvalue weighted by molar-refractivity contribution is -0.141. The second-order valence-electron chi connectivity index (χ2n) is 5.95. The predicted molar refractivity (Wildman–Crippen MR) is 85.2 cm³/mol. The number of amides is 2. The van der Waals surface area contributed by atoms with E-state index in [1.54, 1.807) is 37.6 Å². The second-order valence-corrected chi connectivity index (χ2v) is 5.95. The zero-order valence-corrected chi connectivity index (χ0v) is 13.4. The first-order valence-electron chi connectivity index (χ1n) is 7.87. The average molecular weight is 330 g/mol. The molecule has 6 heteroatoms. The summed E-state index contributed by atoms with van der Waals surface area (Å²) in [7, 11) is 1.66. The Hall–Kier alpha value is -2.63. The predicted octanol–water partition coefficient (Wildman–Crippen LogP) is 2.64. The van der Waals surface area contributed by atoms with Crippen LogP contribution in [0.5, 0.6) is 0 Å². The summed E-state index contributed by atoms with van der Waals surface area (Å²) in [6.45, 7) is 0.288. The lowest BCUT2D eigenvalue weighted by Crippen LogP contribution is -2.46. The molecule has 0 saturated carbocycles. The van der Waals surface area contributed by atoms with Crippen LogP contribution < -0.4 is 5.32 Å². The van der Waals surface area contributed by atoms with Gasteiger partial charge in [0.05, 0.1) is 24.8 Å². The fourth-order valence-electron chi connectivity index (χ4n) is 3.18. The molecule has 0 unspecified atom stereocenters. The van der Waals surface area contributed by atoms with Crippen molar-refractivity contribution in [3.8, 4) is 0 Å². The molecule has 1 aromatic carbocycles. The van der Waals surface area contributed by atoms with Gasteiger partial charge >= 0.3 is 0 Å². The van der Waals surface area contributed by atoms with Crippen LogP contribution in [0.1, 0.15) is 30.2 Å². The van der Waals surface area contributed by atoms with E-state index >= 15 is 0 Å². The van der Waals surface area contributed by atoms with Gasteiger partial charge in [-0.05, 0) is 36.2 Å². The summed E-state index contributed by atoms with van der Waals surface area (Å²) in [5.41, 5.74) is 0.628. The highest BCUT2D eigenvalue weighted by atomic mass is 19.1. The average Bonchev–Trinajstić information content (AvgIpc) is 3.08. The maximum atomic E-state index is 13.6. The van der Waals surface area contributed by atoms with Crippen LogP contribution in [0.15, 0.2) is 47.1 Å². The van der Waals surface area contributed by atoms with E-state index in [0.29, 0.717) is 24.2 Å². The summed E-state index contributed by atoms with van der Waals surface area (Å²) < 4.78 is 18.8. The Morgan fingerprint density at radius 2 is 2.21 bits per heavy atom. The van der Waals surface area contributed by atoms with Crippen molar-refractivity contribution >= 4 is 11.8 Å². The summed E-state index contributed by atoms with van der Waals surface area (Å²) >= 11 is 0. The highest BCUT2D eigenvalue weighted by Crippen LogP contribution is 2.36. The number of furan rings is 1. The number of hydrogen-bond donors (Lipinski definition) is 1. The monoisotopic (exact) mass is 330 g/mol. The van der Waals surface area contributed by atoms with Crippen molar-refractivity contribution in [1.82, 2.24) is 10.2 Å². The lowest BCUT2D eigenvalue weighted by Gasteiger charge is -2.38. The van der Waals surface area contributed by atoms with Crippen molar-refractivity contribution in [3.05, 3.63) is 59.8 Å². The Kier molecular flexibility index (Phi) is 4.64. The minimum Gasteiger partial charge on any atom is -0.467 e. The molecule has 0 radical (unpaired) electrons. The molecule has 1 aromatic heterocycles. The lowest BCUT2D eigenvalue weighted by atomic mass is 9.84. The number of halogens is 1. The van der Waals surface area contributed by atoms with E-state index in [1.807, 2.05) is 0 Å². The number of nitrogens with zero attached hydrogens (tertiary/aromatic N) is 1. The SMILES string of the molecule is CN1C(=O)CC[C@H](C(=O)NCc2ccco2)[C@H]1c1cccc(F)c1. The van der Waals surface area contributed by atoms with Crippen LogP contribution in [0.3, 0.4) is 0 Å². The van der Waals surface area contributed by atoms with Gasteiger partial charge in [-0.1, -0.05) is 12.1 Å². The van der Waals surface area contributed by atoms with Crippen molar-refractivity contribution in [2.24, 2.45) is 5.92 Å². The molecule has 1 saturated heterocycles. The molecule has 0 bridgehead atoms. The quantitative estimate of drug-likeness (QED) is 0.937. The standard InChI is InChI=1S/C18H19FN2O3/c1-21-16(22)8-7-15(17(21)12-4-2-5-13(19)10-12)18(23)20-11-14-6-3-9-24-14/h2-6,9-10,15,17H,7-8,11H2,1H3,(H,20,23)/t15-,17+/m0/s1. The highest BCUT2D eigenvalue weighted by molar-refractivity contribution is 5.84. The fraction of sp³-hybridized carbons (Fsp3) is 0.333. The van der Waals surface area contributed by atoms with Crippen LogP contribution >= 0.6 is 0 Å². The van der Waals surface area contributed by atoms with Crippen molar-refractivity contribution in [2.75, 3.05) is 7.05 Å². The van der Waals surface area contributed by atoms with Gasteiger partial charge in [-0.3, -0.25) is 9.59 Å². The molecule has 2 heterocycles. The molecule has 2 amide bonds. The molecule has 0 spiro atoms. The Bertz CT molecular complexity index is 730. The molecule has 1 aliphatic heterocycles. The Labute approximate surface area is 139 Å². The molecule has 3 rings (SSSR count). The third-order valence-corrected chi connectivity index (χ3v) is 4.40. The summed E-state index contributed by atoms with van der Waals surface area (Å²) in [5, 5.41) is 2.84. The number of carbonyl (C=O) groups excluding carboxylic acids is 2. The molecule has 1 N–H and O–H groups in total. The van der Waals surface area contributed by atoms with Gasteiger partial charge < -0.3 is 14.6 Å². The summed E-state index contributed by atoms with van der Waals surface area (Å²) in [6, 6.07) is 9.13. The molecule has 24 heavy (non-hydrogen) atoms. The first-order valence-corrected chi connectivity index (χ1v) is 7.87. The van der Waals surface area contributed by atoms with Crippen LogP contribution in [0, 0.1) is 11.7 Å². The van der Waals surface area contributed by atoms with Gasteiger partial charge in [0.2, 0.25) is 11.8 Å². The number of rotatable bonds is 4. The van der Waals surface area contributed by atoms with Crippen LogP contribution in [0.2, 0.25) is 0 Å². The van der Waals surface area contributed by atoms with Crippen LogP contribution in [-0.2, 0) is 16.1 Å². The van der Waals surface area contributed by atoms with Gasteiger partial charge in [-0.25, -0.2) is 4.39 Å². The number of hydrogen-bond acceptors (Lipinski definition) is 3. The van der Waals surface area contributed by atoms with Crippen molar-refractivity contribution in [1.29, 1.82) is 0 Å². The van der Waals surface area contributed by atoms with Gasteiger partial charge in [-0.15, -0.1) is 0 Å². The Balaban J connectivity index is 1.80. The third kappa shape index (κ3) is 3.32. The molecule has 1 fully saturated rings. The second kappa shape index (κ2) is 6.86. The smallest absolute Gasteiger partial charge is 0.225 e. The first-order chi connectivity index (χ1) is 11.6. The Morgan fingerprint density at radius 1 is 1.38 bits per heavy atom. The third-order valence-electron chi connectivity index (χ3n) is 4.40. The van der Waals surface area contributed by atoms with Crippen LogP contribution in [0.25, 0.3) is 0 Å². The molecule has 126 valence electrons. The van der Waals surface area contributed by atoms with E-state index in [1.165, 1.54) is 17.0 Å². The maximum absolute atomic E-state index is 13.6. The molecule has 1 aliphatic rings. The zero-order chi connectivity index (χ0) is 17.1. The zero-order valence-electron chi connectivity index (χ0n) is 13.4. The molecular weight excluding hydrogens is 311 g/mol.